The Morgan fingerprint density at radius 3 is 2.40 bits per heavy atom. The molecule has 65 heavy (non-hydrogen) atoms. The normalized spacial score (nSPS) is 21.2. The van der Waals surface area contributed by atoms with Gasteiger partial charge in [0, 0.05) is 74.4 Å². The minimum absolute atomic E-state index is 0.0451. The number of likely N-dealkylation sites (N-methyl/N-ethyl adjacent to an activating group) is 1. The highest BCUT2D eigenvalue weighted by atomic mass is 35.5. The number of anilines is 1. The topological polar surface area (TPSA) is 136 Å². The average Bonchev–Trinajstić information content (AvgIpc) is 3.69. The smallest absolute Gasteiger partial charge is 0.345 e. The number of carbonyl (C=O) groups is 1. The van der Waals surface area contributed by atoms with Crippen molar-refractivity contribution >= 4 is 56.7 Å². The lowest BCUT2D eigenvalue weighted by Crippen LogP contribution is -2.49. The first-order valence-corrected chi connectivity index (χ1v) is 23.5. The van der Waals surface area contributed by atoms with Crippen molar-refractivity contribution in [1.82, 2.24) is 29.7 Å². The van der Waals surface area contributed by atoms with Crippen LogP contribution in [-0.2, 0) is 17.8 Å². The first-order chi connectivity index (χ1) is 31.4. The quantitative estimate of drug-likeness (QED) is 0.156. The van der Waals surface area contributed by atoms with E-state index in [0.29, 0.717) is 101 Å². The number of carboxylic acid groups (broad SMARTS) is 1. The van der Waals surface area contributed by atoms with Gasteiger partial charge in [-0.2, -0.15) is 0 Å². The van der Waals surface area contributed by atoms with E-state index in [0.717, 1.165) is 44.1 Å². The van der Waals surface area contributed by atoms with Crippen LogP contribution in [0.2, 0.25) is 10.0 Å². The molecule has 0 spiro atoms. The first-order valence-electron chi connectivity index (χ1n) is 21.9. The summed E-state index contributed by atoms with van der Waals surface area (Å²) in [6, 6.07) is 13.3. The SMILES string of the molecule is Cc1c(Cl)c2c(Cl)c(C)c1-c1c(-c3ccc(F)cc3)sc3ncnc(c13)O[C@@H](C(=O)O)Cc1cc(ccc1OCc1ccnc(N3CC4CC(C4)C3)n1)OC[C@@H](CN1CCN(C)CC1)O2. The summed E-state index contributed by atoms with van der Waals surface area (Å²) < 4.78 is 40.7. The maximum atomic E-state index is 14.4. The molecule has 0 radical (unpaired) electrons. The van der Waals surface area contributed by atoms with E-state index in [-0.39, 0.29) is 31.3 Å². The Morgan fingerprint density at radius 2 is 1.68 bits per heavy atom. The van der Waals surface area contributed by atoms with Crippen LogP contribution in [0.15, 0.2) is 61.1 Å². The Bertz CT molecular complexity index is 2730. The van der Waals surface area contributed by atoms with Crippen molar-refractivity contribution in [3.63, 3.8) is 0 Å². The highest BCUT2D eigenvalue weighted by molar-refractivity contribution is 7.22. The van der Waals surface area contributed by atoms with E-state index < -0.39 is 18.2 Å². The minimum atomic E-state index is -1.44. The number of halogens is 3. The van der Waals surface area contributed by atoms with Crippen molar-refractivity contribution in [1.29, 1.82) is 0 Å². The van der Waals surface area contributed by atoms with Crippen LogP contribution in [-0.4, -0.2) is 112 Å². The van der Waals surface area contributed by atoms with E-state index in [9.17, 15) is 14.3 Å². The number of hydrogen-bond acceptors (Lipinski definition) is 13. The molecule has 1 aliphatic carbocycles. The minimum Gasteiger partial charge on any atom is -0.490 e. The second-order valence-electron chi connectivity index (χ2n) is 17.6. The summed E-state index contributed by atoms with van der Waals surface area (Å²) in [5, 5.41) is 11.9. The molecule has 0 amide bonds. The van der Waals surface area contributed by atoms with Gasteiger partial charge in [-0.1, -0.05) is 35.3 Å². The van der Waals surface area contributed by atoms with E-state index in [1.165, 1.54) is 42.6 Å². The lowest BCUT2D eigenvalue weighted by molar-refractivity contribution is -0.145. The molecule has 1 saturated carbocycles. The fourth-order valence-electron chi connectivity index (χ4n) is 9.52. The van der Waals surface area contributed by atoms with Crippen LogP contribution in [0, 0.1) is 31.5 Å². The van der Waals surface area contributed by atoms with E-state index >= 15 is 0 Å². The van der Waals surface area contributed by atoms with Crippen LogP contribution in [0.1, 0.15) is 35.2 Å². The van der Waals surface area contributed by atoms with Crippen LogP contribution >= 0.6 is 34.5 Å². The number of carboxylic acids is 1. The van der Waals surface area contributed by atoms with Crippen molar-refractivity contribution in [2.45, 2.75) is 51.9 Å². The van der Waals surface area contributed by atoms with Crippen LogP contribution in [0.25, 0.3) is 31.8 Å². The molecule has 6 bridgehead atoms. The lowest BCUT2D eigenvalue weighted by atomic mass is 9.71. The molecule has 3 aromatic heterocycles. The van der Waals surface area contributed by atoms with Crippen LogP contribution in [0.3, 0.4) is 0 Å². The predicted octanol–water partition coefficient (Wildman–Crippen LogP) is 8.77. The van der Waals surface area contributed by atoms with Gasteiger partial charge in [-0.05, 0) is 104 Å². The van der Waals surface area contributed by atoms with Gasteiger partial charge in [0.25, 0.3) is 0 Å². The van der Waals surface area contributed by atoms with Gasteiger partial charge in [-0.15, -0.1) is 11.3 Å². The van der Waals surface area contributed by atoms with E-state index in [1.54, 1.807) is 36.5 Å². The number of piperazine rings is 1. The number of nitrogens with zero attached hydrogens (tertiary/aromatic N) is 7. The van der Waals surface area contributed by atoms with Gasteiger partial charge < -0.3 is 33.9 Å². The molecule has 4 fully saturated rings. The molecule has 3 saturated heterocycles. The fraction of sp³-hybridized carbons (Fsp3) is 0.396. The van der Waals surface area contributed by atoms with Gasteiger partial charge in [0.2, 0.25) is 17.9 Å². The molecular formula is C48H48Cl2FN7O6S. The predicted molar refractivity (Wildman–Crippen MR) is 249 cm³/mol. The Hall–Kier alpha value is -5.32. The number of piperidine rings is 2. The highest BCUT2D eigenvalue weighted by Gasteiger charge is 2.38. The van der Waals surface area contributed by atoms with Gasteiger partial charge >= 0.3 is 5.97 Å². The molecule has 0 unspecified atom stereocenters. The Balaban J connectivity index is 1.07. The molecule has 2 atom stereocenters. The number of ether oxygens (including phenoxy) is 4. The summed E-state index contributed by atoms with van der Waals surface area (Å²) in [5.74, 6) is 1.77. The molecular weight excluding hydrogens is 893 g/mol. The van der Waals surface area contributed by atoms with E-state index in [2.05, 4.69) is 36.7 Å². The van der Waals surface area contributed by atoms with Crippen LogP contribution in [0.5, 0.6) is 23.1 Å². The summed E-state index contributed by atoms with van der Waals surface area (Å²) in [7, 11) is 2.11. The van der Waals surface area contributed by atoms with Crippen LogP contribution in [0.4, 0.5) is 10.3 Å². The molecule has 12 rings (SSSR count). The Morgan fingerprint density at radius 1 is 0.938 bits per heavy atom. The average molecular weight is 941 g/mol. The Labute approximate surface area is 390 Å². The van der Waals surface area contributed by atoms with Gasteiger partial charge in [0.05, 0.1) is 21.1 Å². The van der Waals surface area contributed by atoms with Crippen LogP contribution < -0.4 is 23.8 Å². The number of benzene rings is 3. The molecule has 6 aromatic rings. The first kappa shape index (κ1) is 43.6. The van der Waals surface area contributed by atoms with Gasteiger partial charge in [-0.3, -0.25) is 4.90 Å². The highest BCUT2D eigenvalue weighted by Crippen LogP contribution is 2.53. The zero-order chi connectivity index (χ0) is 44.9. The number of aliphatic carboxylic acids is 1. The molecule has 5 aliphatic heterocycles. The summed E-state index contributed by atoms with van der Waals surface area (Å²) >= 11 is 16.0. The maximum Gasteiger partial charge on any atom is 0.345 e. The summed E-state index contributed by atoms with van der Waals surface area (Å²) in [5.41, 5.74) is 4.56. The molecule has 17 heteroatoms. The molecule has 3 aromatic carbocycles. The number of fused-ring (bicyclic) bond motifs is 9. The van der Waals surface area contributed by atoms with Crippen molar-refractivity contribution in [2.75, 3.05) is 64.4 Å². The third-order valence-electron chi connectivity index (χ3n) is 13.0. The molecule has 338 valence electrons. The molecule has 1 N–H and O–H groups in total. The number of aromatic nitrogens is 4. The standard InChI is InChI=1S/C48H48Cl2FN7O6S/c1-26-38-27(2)42(50)43(41(26)49)63-35(22-57-14-12-56(3)13-15-57)24-61-34-8-9-36(62-23-33-10-11-52-48(55-33)58-20-28-16-29(17-28)21-58)31(18-34)19-37(47(59)60)64-45-40-39(38)44(65-46(40)54-25-53-45)30-4-6-32(51)7-5-30/h4-11,18,25,28-29,35,37H,12-17,19-24H2,1-3H3,(H,59,60)/t28?,29?,35-,37-/m1/s1. The largest absolute Gasteiger partial charge is 0.490 e. The second-order valence-corrected chi connectivity index (χ2v) is 19.3. The second kappa shape index (κ2) is 18.2. The van der Waals surface area contributed by atoms with Crippen molar-refractivity contribution in [3.05, 3.63) is 99.3 Å². The zero-order valence-corrected chi connectivity index (χ0v) is 38.6. The van der Waals surface area contributed by atoms with Crippen molar-refractivity contribution in [3.8, 4) is 44.7 Å². The summed E-state index contributed by atoms with van der Waals surface area (Å²) in [6.45, 7) is 9.97. The van der Waals surface area contributed by atoms with E-state index in [1.807, 2.05) is 19.9 Å². The zero-order valence-electron chi connectivity index (χ0n) is 36.2. The molecule has 13 nitrogen and oxygen atoms in total. The van der Waals surface area contributed by atoms with E-state index in [4.69, 9.17) is 47.1 Å². The Kier molecular flexibility index (Phi) is 12.2. The lowest BCUT2D eigenvalue weighted by Gasteiger charge is -2.47. The third-order valence-corrected chi connectivity index (χ3v) is 15.1. The molecule has 8 heterocycles. The summed E-state index contributed by atoms with van der Waals surface area (Å²) in [6.07, 6.45) is 3.57. The number of hydrogen-bond donors (Lipinski definition) is 1. The van der Waals surface area contributed by atoms with Crippen molar-refractivity contribution < 1.29 is 33.2 Å². The fourth-order valence-corrected chi connectivity index (χ4v) is 11.2. The summed E-state index contributed by atoms with van der Waals surface area (Å²) in [4.78, 5) is 40.1. The van der Waals surface area contributed by atoms with Gasteiger partial charge in [0.15, 0.2) is 5.75 Å². The van der Waals surface area contributed by atoms with Gasteiger partial charge in [-0.25, -0.2) is 29.1 Å². The van der Waals surface area contributed by atoms with Gasteiger partial charge in [0.1, 0.15) is 47.8 Å². The third kappa shape index (κ3) is 8.88. The maximum absolute atomic E-state index is 14.4. The monoisotopic (exact) mass is 939 g/mol. The number of rotatable bonds is 8. The van der Waals surface area contributed by atoms with Crippen molar-refractivity contribution in [2.24, 2.45) is 11.8 Å². The molecule has 6 aliphatic rings. The number of thiophene rings is 1.